The summed E-state index contributed by atoms with van der Waals surface area (Å²) >= 11 is 1.16. The second kappa shape index (κ2) is 5.91. The highest BCUT2D eigenvalue weighted by Crippen LogP contribution is 2.28. The van der Waals surface area contributed by atoms with Gasteiger partial charge in [0.2, 0.25) is 15.9 Å². The molecule has 1 saturated heterocycles. The molecule has 1 aliphatic heterocycles. The maximum absolute atomic E-state index is 12.0. The number of nitrogens with one attached hydrogen (secondary N) is 1. The summed E-state index contributed by atoms with van der Waals surface area (Å²) in [5.41, 5.74) is 0.508. The topological polar surface area (TPSA) is 104 Å². The third-order valence-electron chi connectivity index (χ3n) is 3.53. The summed E-state index contributed by atoms with van der Waals surface area (Å²) in [5, 5.41) is 12.4. The first kappa shape index (κ1) is 15.9. The smallest absolute Gasteiger partial charge is 0.345 e. The van der Waals surface area contributed by atoms with Gasteiger partial charge < -0.3 is 10.4 Å². The van der Waals surface area contributed by atoms with Crippen molar-refractivity contribution in [1.29, 1.82) is 0 Å². The Labute approximate surface area is 136 Å². The summed E-state index contributed by atoms with van der Waals surface area (Å²) in [7, 11) is -3.31. The Hall–Kier alpha value is -1.97. The van der Waals surface area contributed by atoms with Crippen molar-refractivity contribution in [3.63, 3.8) is 0 Å². The second-order valence-electron chi connectivity index (χ2n) is 5.22. The van der Waals surface area contributed by atoms with Crippen molar-refractivity contribution in [1.82, 2.24) is 4.31 Å². The van der Waals surface area contributed by atoms with Crippen molar-refractivity contribution >= 4 is 49.0 Å². The number of hydrogen-bond donors (Lipinski definition) is 2. The van der Waals surface area contributed by atoms with Crippen molar-refractivity contribution < 1.29 is 23.1 Å². The molecule has 2 aromatic rings. The van der Waals surface area contributed by atoms with Crippen molar-refractivity contribution in [2.45, 2.75) is 6.42 Å². The van der Waals surface area contributed by atoms with E-state index in [1.165, 1.54) is 4.31 Å². The van der Waals surface area contributed by atoms with Crippen LogP contribution in [0.2, 0.25) is 0 Å². The van der Waals surface area contributed by atoms with Crippen molar-refractivity contribution in [3.05, 3.63) is 29.1 Å². The molecular weight excluding hydrogens is 340 g/mol. The lowest BCUT2D eigenvalue weighted by atomic mass is 10.2. The average molecular weight is 354 g/mol. The molecule has 1 fully saturated rings. The summed E-state index contributed by atoms with van der Waals surface area (Å²) in [4.78, 5) is 23.2. The molecule has 0 spiro atoms. The summed E-state index contributed by atoms with van der Waals surface area (Å²) in [6.07, 6.45) is 0.536. The average Bonchev–Trinajstić information content (AvgIpc) is 3.02. The molecule has 1 aliphatic rings. The Morgan fingerprint density at radius 2 is 2.09 bits per heavy atom. The highest BCUT2D eigenvalue weighted by atomic mass is 32.2. The zero-order valence-electron chi connectivity index (χ0n) is 12.0. The van der Waals surface area contributed by atoms with Crippen LogP contribution in [-0.4, -0.2) is 48.5 Å². The van der Waals surface area contributed by atoms with E-state index < -0.39 is 21.9 Å². The van der Waals surface area contributed by atoms with E-state index in [1.807, 2.05) is 0 Å². The molecule has 0 atom stereocenters. The molecule has 0 unspecified atom stereocenters. The standard InChI is InChI=1S/C14H14N2O5S2/c17-13(8-16-4-1-5-23(16,20)21)15-10-2-3-11-9(6-10)7-12(22-11)14(18)19/h2-3,6-7H,1,4-5,8H2,(H,15,17)(H,18,19). The number of rotatable bonds is 4. The van der Waals surface area contributed by atoms with Gasteiger partial charge in [-0.1, -0.05) is 0 Å². The number of thiophene rings is 1. The predicted octanol–water partition coefficient (Wildman–Crippen LogP) is 1.57. The first-order valence-electron chi connectivity index (χ1n) is 6.90. The molecule has 7 nitrogen and oxygen atoms in total. The number of aromatic carboxylic acids is 1. The molecule has 3 rings (SSSR count). The quantitative estimate of drug-likeness (QED) is 0.867. The number of hydrogen-bond acceptors (Lipinski definition) is 5. The fraction of sp³-hybridized carbons (Fsp3) is 0.286. The number of carboxylic acid groups (broad SMARTS) is 1. The zero-order valence-corrected chi connectivity index (χ0v) is 13.6. The van der Waals surface area contributed by atoms with Crippen molar-refractivity contribution in [2.75, 3.05) is 24.2 Å². The Morgan fingerprint density at radius 3 is 2.74 bits per heavy atom. The molecule has 0 saturated carbocycles. The number of nitrogens with zero attached hydrogens (tertiary/aromatic N) is 1. The molecule has 23 heavy (non-hydrogen) atoms. The molecular formula is C14H14N2O5S2. The highest BCUT2D eigenvalue weighted by Gasteiger charge is 2.29. The predicted molar refractivity (Wildman–Crippen MR) is 87.4 cm³/mol. The molecule has 0 radical (unpaired) electrons. The van der Waals surface area contributed by atoms with Gasteiger partial charge >= 0.3 is 5.97 Å². The Balaban J connectivity index is 1.73. The third kappa shape index (κ3) is 3.36. The zero-order chi connectivity index (χ0) is 16.6. The van der Waals surface area contributed by atoms with Gasteiger partial charge in [-0.15, -0.1) is 11.3 Å². The minimum atomic E-state index is -3.31. The largest absolute Gasteiger partial charge is 0.477 e. The number of fused-ring (bicyclic) bond motifs is 1. The second-order valence-corrected chi connectivity index (χ2v) is 8.39. The van der Waals surface area contributed by atoms with Gasteiger partial charge in [0, 0.05) is 16.9 Å². The lowest BCUT2D eigenvalue weighted by Gasteiger charge is -2.13. The van der Waals surface area contributed by atoms with E-state index in [2.05, 4.69) is 5.32 Å². The minimum Gasteiger partial charge on any atom is -0.477 e. The summed E-state index contributed by atoms with van der Waals surface area (Å²) in [6, 6.07) is 6.62. The van der Waals surface area contributed by atoms with Crippen LogP contribution in [0.15, 0.2) is 24.3 Å². The van der Waals surface area contributed by atoms with Gasteiger partial charge in [-0.05, 0) is 36.1 Å². The first-order chi connectivity index (χ1) is 10.8. The molecule has 0 bridgehead atoms. The van der Waals surface area contributed by atoms with E-state index in [4.69, 9.17) is 5.11 Å². The lowest BCUT2D eigenvalue weighted by molar-refractivity contribution is -0.116. The maximum Gasteiger partial charge on any atom is 0.345 e. The van der Waals surface area contributed by atoms with E-state index in [0.29, 0.717) is 18.7 Å². The van der Waals surface area contributed by atoms with Gasteiger partial charge in [0.1, 0.15) is 4.88 Å². The molecule has 9 heteroatoms. The van der Waals surface area contributed by atoms with Crippen LogP contribution in [0.3, 0.4) is 0 Å². The van der Waals surface area contributed by atoms with Gasteiger partial charge in [0.15, 0.2) is 0 Å². The van der Waals surface area contributed by atoms with Crippen LogP contribution in [-0.2, 0) is 14.8 Å². The Morgan fingerprint density at radius 1 is 1.30 bits per heavy atom. The molecule has 1 amide bonds. The lowest BCUT2D eigenvalue weighted by Crippen LogP contribution is -2.34. The van der Waals surface area contributed by atoms with E-state index in [0.717, 1.165) is 21.4 Å². The van der Waals surface area contributed by atoms with Crippen LogP contribution in [0.5, 0.6) is 0 Å². The molecule has 2 N–H and O–H groups in total. The summed E-state index contributed by atoms with van der Waals surface area (Å²) < 4.78 is 25.3. The highest BCUT2D eigenvalue weighted by molar-refractivity contribution is 7.89. The van der Waals surface area contributed by atoms with E-state index in [1.54, 1.807) is 24.3 Å². The SMILES string of the molecule is O=C(CN1CCCS1(=O)=O)Nc1ccc2sc(C(=O)O)cc2c1. The summed E-state index contributed by atoms with van der Waals surface area (Å²) in [5.74, 6) is -1.32. The number of anilines is 1. The molecule has 122 valence electrons. The van der Waals surface area contributed by atoms with Crippen molar-refractivity contribution in [3.8, 4) is 0 Å². The number of sulfonamides is 1. The first-order valence-corrected chi connectivity index (χ1v) is 9.32. The normalized spacial score (nSPS) is 17.4. The van der Waals surface area contributed by atoms with Crippen LogP contribution in [0.25, 0.3) is 10.1 Å². The number of carboxylic acids is 1. The number of amides is 1. The van der Waals surface area contributed by atoms with E-state index in [9.17, 15) is 18.0 Å². The summed E-state index contributed by atoms with van der Waals surface area (Å²) in [6.45, 7) is 0.158. The third-order valence-corrected chi connectivity index (χ3v) is 6.54. The monoisotopic (exact) mass is 354 g/mol. The van der Waals surface area contributed by atoms with E-state index in [-0.39, 0.29) is 17.2 Å². The number of carbonyl (C=O) groups excluding carboxylic acids is 1. The van der Waals surface area contributed by atoms with Crippen LogP contribution in [0, 0.1) is 0 Å². The number of carbonyl (C=O) groups is 2. The van der Waals surface area contributed by atoms with Crippen LogP contribution in [0.4, 0.5) is 5.69 Å². The maximum atomic E-state index is 12.0. The number of benzene rings is 1. The molecule has 2 heterocycles. The van der Waals surface area contributed by atoms with Crippen LogP contribution >= 0.6 is 11.3 Å². The fourth-order valence-electron chi connectivity index (χ4n) is 2.46. The molecule has 1 aromatic heterocycles. The van der Waals surface area contributed by atoms with Gasteiger partial charge in [-0.25, -0.2) is 13.2 Å². The molecule has 0 aliphatic carbocycles. The Kier molecular flexibility index (Phi) is 4.09. The van der Waals surface area contributed by atoms with E-state index >= 15 is 0 Å². The minimum absolute atomic E-state index is 0.0824. The van der Waals surface area contributed by atoms with Gasteiger partial charge in [-0.2, -0.15) is 4.31 Å². The molecule has 1 aromatic carbocycles. The van der Waals surface area contributed by atoms with Crippen molar-refractivity contribution in [2.24, 2.45) is 0 Å². The van der Waals surface area contributed by atoms with Crippen LogP contribution in [0.1, 0.15) is 16.1 Å². The van der Waals surface area contributed by atoms with Gasteiger partial charge in [0.05, 0.1) is 12.3 Å². The fourth-order valence-corrected chi connectivity index (χ4v) is 4.81. The van der Waals surface area contributed by atoms with Crippen LogP contribution < -0.4 is 5.32 Å². The van der Waals surface area contributed by atoms with Gasteiger partial charge in [-0.3, -0.25) is 4.79 Å². The Bertz CT molecular complexity index is 888. The van der Waals surface area contributed by atoms with Gasteiger partial charge in [0.25, 0.3) is 0 Å².